The van der Waals surface area contributed by atoms with Gasteiger partial charge in [0.1, 0.15) is 11.4 Å². The van der Waals surface area contributed by atoms with Crippen LogP contribution in [0.1, 0.15) is 0 Å². The number of aromatic nitrogens is 1. The number of aromatic hydroxyl groups is 1. The van der Waals surface area contributed by atoms with Crippen LogP contribution in [-0.2, 0) is 0 Å². The molecule has 0 aliphatic carbocycles. The molecular weight excluding hydrogens is 270 g/mol. The molecule has 80 valence electrons. The molecular formula is C11H8BrN3O. The smallest absolute Gasteiger partial charge is 0.174 e. The fourth-order valence-electron chi connectivity index (χ4n) is 1.09. The minimum Gasteiger partial charge on any atom is -0.506 e. The molecule has 5 heteroatoms. The Hall–Kier alpha value is -1.75. The Balaban J connectivity index is 2.27. The van der Waals surface area contributed by atoms with E-state index in [1.807, 2.05) is 6.07 Å². The van der Waals surface area contributed by atoms with Gasteiger partial charge in [-0.15, -0.1) is 10.2 Å². The van der Waals surface area contributed by atoms with Crippen molar-refractivity contribution in [3.63, 3.8) is 0 Å². The lowest BCUT2D eigenvalue weighted by Gasteiger charge is -1.97. The van der Waals surface area contributed by atoms with E-state index in [2.05, 4.69) is 31.1 Å². The van der Waals surface area contributed by atoms with Crippen LogP contribution in [-0.4, -0.2) is 10.1 Å². The summed E-state index contributed by atoms with van der Waals surface area (Å²) >= 11 is 3.29. The molecule has 1 aromatic carbocycles. The topological polar surface area (TPSA) is 57.8 Å². The number of hydrogen-bond donors (Lipinski definition) is 1. The lowest BCUT2D eigenvalue weighted by atomic mass is 10.3. The van der Waals surface area contributed by atoms with Gasteiger partial charge >= 0.3 is 0 Å². The maximum atomic E-state index is 9.52. The summed E-state index contributed by atoms with van der Waals surface area (Å²) < 4.78 is 0.834. The third-order valence-electron chi connectivity index (χ3n) is 1.85. The highest BCUT2D eigenvalue weighted by atomic mass is 79.9. The zero-order chi connectivity index (χ0) is 11.4. The lowest BCUT2D eigenvalue weighted by molar-refractivity contribution is 0.476. The van der Waals surface area contributed by atoms with E-state index in [0.717, 1.165) is 4.47 Å². The molecule has 0 spiro atoms. The number of phenolic OH excluding ortho intramolecular Hbond substituents is 1. The molecule has 0 atom stereocenters. The number of azo groups is 1. The van der Waals surface area contributed by atoms with E-state index in [1.165, 1.54) is 0 Å². The van der Waals surface area contributed by atoms with E-state index < -0.39 is 0 Å². The summed E-state index contributed by atoms with van der Waals surface area (Å²) in [5.41, 5.74) is 0.403. The molecule has 1 heterocycles. The summed E-state index contributed by atoms with van der Waals surface area (Å²) in [6, 6.07) is 10.3. The second kappa shape index (κ2) is 4.85. The average molecular weight is 278 g/mol. The van der Waals surface area contributed by atoms with Crippen LogP contribution < -0.4 is 0 Å². The molecule has 0 saturated heterocycles. The molecule has 0 radical (unpaired) electrons. The van der Waals surface area contributed by atoms with Crippen molar-refractivity contribution in [2.24, 2.45) is 10.2 Å². The third-order valence-corrected chi connectivity index (χ3v) is 2.34. The highest BCUT2D eigenvalue weighted by Crippen LogP contribution is 2.30. The number of halogens is 1. The first-order valence-corrected chi connectivity index (χ1v) is 5.36. The predicted octanol–water partition coefficient (Wildman–Crippen LogP) is 3.97. The minimum absolute atomic E-state index is 0.0860. The Morgan fingerprint density at radius 3 is 2.75 bits per heavy atom. The highest BCUT2D eigenvalue weighted by molar-refractivity contribution is 9.10. The zero-order valence-corrected chi connectivity index (χ0v) is 9.79. The number of nitrogens with zero attached hydrogens (tertiary/aromatic N) is 3. The summed E-state index contributed by atoms with van der Waals surface area (Å²) in [6.45, 7) is 0. The standard InChI is InChI=1S/C11H8BrN3O/c12-8-4-5-10(16)9(7-8)14-15-11-3-1-2-6-13-11/h1-7,16H/b15-14+. The van der Waals surface area contributed by atoms with Gasteiger partial charge in [-0.2, -0.15) is 0 Å². The van der Waals surface area contributed by atoms with Crippen molar-refractivity contribution in [1.82, 2.24) is 4.98 Å². The SMILES string of the molecule is Oc1ccc(Br)cc1/N=N/c1ccccn1. The highest BCUT2D eigenvalue weighted by Gasteiger charge is 1.99. The van der Waals surface area contributed by atoms with Crippen LogP contribution in [0.25, 0.3) is 0 Å². The molecule has 2 rings (SSSR count). The predicted molar refractivity (Wildman–Crippen MR) is 64.2 cm³/mol. The maximum Gasteiger partial charge on any atom is 0.174 e. The summed E-state index contributed by atoms with van der Waals surface area (Å²) in [4.78, 5) is 3.99. The zero-order valence-electron chi connectivity index (χ0n) is 8.21. The van der Waals surface area contributed by atoms with Gasteiger partial charge in [-0.3, -0.25) is 0 Å². The quantitative estimate of drug-likeness (QED) is 0.845. The van der Waals surface area contributed by atoms with Crippen LogP contribution in [0.4, 0.5) is 11.5 Å². The molecule has 1 N–H and O–H groups in total. The Bertz CT molecular complexity index is 514. The minimum atomic E-state index is 0.0860. The van der Waals surface area contributed by atoms with Gasteiger partial charge < -0.3 is 5.11 Å². The van der Waals surface area contributed by atoms with Gasteiger partial charge in [0.15, 0.2) is 5.82 Å². The van der Waals surface area contributed by atoms with Gasteiger partial charge in [0.25, 0.3) is 0 Å². The number of hydrogen-bond acceptors (Lipinski definition) is 4. The van der Waals surface area contributed by atoms with Gasteiger partial charge in [-0.25, -0.2) is 4.98 Å². The summed E-state index contributed by atoms with van der Waals surface area (Å²) in [6.07, 6.45) is 1.63. The van der Waals surface area contributed by atoms with Crippen LogP contribution in [0, 0.1) is 0 Å². The molecule has 0 bridgehead atoms. The van der Waals surface area contributed by atoms with Gasteiger partial charge in [0, 0.05) is 10.7 Å². The Morgan fingerprint density at radius 2 is 2.00 bits per heavy atom. The third kappa shape index (κ3) is 2.64. The summed E-state index contributed by atoms with van der Waals surface area (Å²) in [5, 5.41) is 17.3. The van der Waals surface area contributed by atoms with Crippen molar-refractivity contribution in [1.29, 1.82) is 0 Å². The monoisotopic (exact) mass is 277 g/mol. The number of benzene rings is 1. The first kappa shape index (κ1) is 10.8. The van der Waals surface area contributed by atoms with Crippen molar-refractivity contribution in [2.75, 3.05) is 0 Å². The average Bonchev–Trinajstić information content (AvgIpc) is 2.32. The number of phenols is 1. The molecule has 0 saturated carbocycles. The van der Waals surface area contributed by atoms with Crippen molar-refractivity contribution in [3.05, 3.63) is 47.1 Å². The van der Waals surface area contributed by atoms with E-state index >= 15 is 0 Å². The van der Waals surface area contributed by atoms with Crippen molar-refractivity contribution in [3.8, 4) is 5.75 Å². The van der Waals surface area contributed by atoms with Gasteiger partial charge in [-0.1, -0.05) is 22.0 Å². The van der Waals surface area contributed by atoms with Crippen LogP contribution >= 0.6 is 15.9 Å². The normalized spacial score (nSPS) is 10.8. The largest absolute Gasteiger partial charge is 0.506 e. The van der Waals surface area contributed by atoms with E-state index in [-0.39, 0.29) is 5.75 Å². The molecule has 0 aliphatic rings. The van der Waals surface area contributed by atoms with E-state index in [4.69, 9.17) is 0 Å². The fraction of sp³-hybridized carbons (Fsp3) is 0. The van der Waals surface area contributed by atoms with Crippen LogP contribution in [0.15, 0.2) is 57.3 Å². The fourth-order valence-corrected chi connectivity index (χ4v) is 1.44. The first-order valence-electron chi connectivity index (χ1n) is 4.57. The molecule has 0 aliphatic heterocycles. The van der Waals surface area contributed by atoms with Gasteiger partial charge in [-0.05, 0) is 30.3 Å². The molecule has 0 amide bonds. The lowest BCUT2D eigenvalue weighted by Crippen LogP contribution is -1.71. The molecule has 4 nitrogen and oxygen atoms in total. The Labute approximate surface area is 101 Å². The Morgan fingerprint density at radius 1 is 1.12 bits per heavy atom. The molecule has 0 unspecified atom stereocenters. The Kier molecular flexibility index (Phi) is 3.26. The van der Waals surface area contributed by atoms with Crippen molar-refractivity contribution >= 4 is 27.4 Å². The van der Waals surface area contributed by atoms with Crippen LogP contribution in [0.5, 0.6) is 5.75 Å². The molecule has 1 aromatic heterocycles. The van der Waals surface area contributed by atoms with Crippen LogP contribution in [0.3, 0.4) is 0 Å². The van der Waals surface area contributed by atoms with Crippen molar-refractivity contribution < 1.29 is 5.11 Å². The maximum absolute atomic E-state index is 9.52. The second-order valence-electron chi connectivity index (χ2n) is 3.02. The van der Waals surface area contributed by atoms with Gasteiger partial charge in [0.05, 0.1) is 0 Å². The first-order chi connectivity index (χ1) is 7.75. The van der Waals surface area contributed by atoms with Gasteiger partial charge in [0.2, 0.25) is 0 Å². The molecule has 2 aromatic rings. The van der Waals surface area contributed by atoms with Crippen LogP contribution in [0.2, 0.25) is 0 Å². The molecule has 0 fully saturated rings. The molecule has 16 heavy (non-hydrogen) atoms. The summed E-state index contributed by atoms with van der Waals surface area (Å²) in [7, 11) is 0. The number of pyridine rings is 1. The summed E-state index contributed by atoms with van der Waals surface area (Å²) in [5.74, 6) is 0.588. The second-order valence-corrected chi connectivity index (χ2v) is 3.94. The van der Waals surface area contributed by atoms with Crippen molar-refractivity contribution in [2.45, 2.75) is 0 Å². The number of rotatable bonds is 2. The van der Waals surface area contributed by atoms with E-state index in [0.29, 0.717) is 11.5 Å². The van der Waals surface area contributed by atoms with E-state index in [1.54, 1.807) is 36.5 Å². The van der Waals surface area contributed by atoms with E-state index in [9.17, 15) is 5.11 Å².